The largest absolute Gasteiger partial charge is 0.481 e. The van der Waals surface area contributed by atoms with E-state index in [0.717, 1.165) is 0 Å². The number of carbonyl (C=O) groups is 9. The van der Waals surface area contributed by atoms with Crippen molar-refractivity contribution in [2.24, 2.45) is 23.7 Å². The third-order valence-electron chi connectivity index (χ3n) is 9.45. The van der Waals surface area contributed by atoms with Crippen molar-refractivity contribution < 1.29 is 63.7 Å². The Labute approximate surface area is 345 Å². The molecule has 9 atom stereocenters. The summed E-state index contributed by atoms with van der Waals surface area (Å²) in [7, 11) is 0. The minimum absolute atomic E-state index is 0.0502. The molecule has 0 heterocycles. The Bertz CT molecular complexity index is 1470. The third kappa shape index (κ3) is 19.2. The average molecular weight is 845 g/mol. The first kappa shape index (κ1) is 54.1. The van der Waals surface area contributed by atoms with Gasteiger partial charge in [-0.25, -0.2) is 4.79 Å². The van der Waals surface area contributed by atoms with Gasteiger partial charge >= 0.3 is 11.9 Å². The summed E-state index contributed by atoms with van der Waals surface area (Å²) in [5, 5.41) is 55.5. The Hall–Kier alpha value is -4.89. The Morgan fingerprint density at radius 2 is 1.22 bits per heavy atom. The number of hydrogen-bond donors (Lipinski definition) is 12. The van der Waals surface area contributed by atoms with Crippen LogP contribution in [0.25, 0.3) is 0 Å². The van der Waals surface area contributed by atoms with Crippen LogP contribution in [0.1, 0.15) is 108 Å². The van der Waals surface area contributed by atoms with E-state index in [0.29, 0.717) is 6.42 Å². The molecule has 338 valence electrons. The molecule has 0 aromatic carbocycles. The molecule has 0 fully saturated rings. The van der Waals surface area contributed by atoms with Crippen LogP contribution in [0.5, 0.6) is 0 Å². The molecule has 0 spiro atoms. The van der Waals surface area contributed by atoms with Crippen molar-refractivity contribution in [2.45, 2.75) is 156 Å². The van der Waals surface area contributed by atoms with Crippen LogP contribution in [0.3, 0.4) is 0 Å². The maximum absolute atomic E-state index is 13.8. The summed E-state index contributed by atoms with van der Waals surface area (Å²) in [6, 6.07) is -7.80. The van der Waals surface area contributed by atoms with E-state index in [1.165, 1.54) is 20.8 Å². The van der Waals surface area contributed by atoms with Crippen LogP contribution in [0.4, 0.5) is 0 Å². The van der Waals surface area contributed by atoms with Crippen molar-refractivity contribution in [3.63, 3.8) is 0 Å². The van der Waals surface area contributed by atoms with Gasteiger partial charge < -0.3 is 57.7 Å². The molecule has 0 aromatic heterocycles. The van der Waals surface area contributed by atoms with Gasteiger partial charge in [0.2, 0.25) is 41.4 Å². The maximum atomic E-state index is 13.8. The monoisotopic (exact) mass is 844 g/mol. The molecular formula is C38H68N8O13. The minimum Gasteiger partial charge on any atom is -0.481 e. The van der Waals surface area contributed by atoms with Gasteiger partial charge in [-0.15, -0.1) is 0 Å². The highest BCUT2D eigenvalue weighted by atomic mass is 16.5. The number of carbonyl (C=O) groups excluding carboxylic acids is 7. The topological polar surface area (TPSA) is 331 Å². The second-order valence-electron chi connectivity index (χ2n) is 16.4. The molecule has 0 saturated heterocycles. The van der Waals surface area contributed by atoms with E-state index in [1.54, 1.807) is 60.9 Å². The standard InChI is InChI=1S/C38H68N8O13/c1-12-21(8)29(35(55)45-38(11,16-19(4)5)37(58)44-30(23(10)47)34(54)43-28(20(6)7)36(56)57)42-26(48)17-39-31(51)22(9)40-33(53)25(15-18(2)3)41-32(52)24(46-59)13-14-27(49)50/h18-25,28-30,46-47,59H,12-17H2,1-11H3,(H,39,51)(H,40,53)(H,41,52)(H,42,48)(H,43,54)(H,44,58)(H,45,55)(H,49,50)(H,56,57)/t21-,22-,23+,24-,25-,28-,29-,30-,38-/m0/s1. The molecule has 21 heteroatoms. The Morgan fingerprint density at radius 1 is 0.644 bits per heavy atom. The van der Waals surface area contributed by atoms with Gasteiger partial charge in [-0.3, -0.25) is 38.4 Å². The fourth-order valence-corrected chi connectivity index (χ4v) is 5.95. The van der Waals surface area contributed by atoms with Crippen molar-refractivity contribution in [1.29, 1.82) is 0 Å². The molecule has 0 aliphatic heterocycles. The smallest absolute Gasteiger partial charge is 0.326 e. The fraction of sp³-hybridized carbons (Fsp3) is 0.763. The molecule has 7 amide bonds. The van der Waals surface area contributed by atoms with Crippen LogP contribution in [0.2, 0.25) is 0 Å². The number of aliphatic carboxylic acids is 2. The van der Waals surface area contributed by atoms with Gasteiger partial charge in [0.15, 0.2) is 0 Å². The van der Waals surface area contributed by atoms with Gasteiger partial charge in [-0.05, 0) is 63.7 Å². The van der Waals surface area contributed by atoms with E-state index in [9.17, 15) is 58.6 Å². The summed E-state index contributed by atoms with van der Waals surface area (Å²) < 4.78 is 0. The number of aliphatic hydroxyl groups is 1. The number of hydroxylamine groups is 1. The first-order valence-corrected chi connectivity index (χ1v) is 19.8. The van der Waals surface area contributed by atoms with Crippen molar-refractivity contribution in [2.75, 3.05) is 6.54 Å². The molecule has 0 bridgehead atoms. The van der Waals surface area contributed by atoms with Gasteiger partial charge in [-0.2, -0.15) is 5.48 Å². The average Bonchev–Trinajstić information content (AvgIpc) is 3.11. The number of aliphatic hydroxyl groups excluding tert-OH is 1. The van der Waals surface area contributed by atoms with Crippen molar-refractivity contribution in [1.82, 2.24) is 42.7 Å². The van der Waals surface area contributed by atoms with Crippen molar-refractivity contribution in [3.8, 4) is 0 Å². The molecule has 0 aliphatic rings. The van der Waals surface area contributed by atoms with Crippen molar-refractivity contribution >= 4 is 53.3 Å². The van der Waals surface area contributed by atoms with E-state index in [2.05, 4.69) is 37.2 Å². The molecular weight excluding hydrogens is 776 g/mol. The second-order valence-corrected chi connectivity index (χ2v) is 16.4. The van der Waals surface area contributed by atoms with Crippen LogP contribution in [-0.4, -0.2) is 128 Å². The van der Waals surface area contributed by atoms with E-state index in [-0.39, 0.29) is 31.1 Å². The number of carboxylic acids is 2. The van der Waals surface area contributed by atoms with E-state index in [4.69, 9.17) is 5.11 Å². The van der Waals surface area contributed by atoms with Crippen LogP contribution >= 0.6 is 0 Å². The highest BCUT2D eigenvalue weighted by Gasteiger charge is 2.41. The highest BCUT2D eigenvalue weighted by molar-refractivity contribution is 5.98. The quantitative estimate of drug-likeness (QED) is 0.0437. The number of hydrogen-bond acceptors (Lipinski definition) is 12. The molecule has 12 N–H and O–H groups in total. The van der Waals surface area contributed by atoms with Gasteiger partial charge in [0.1, 0.15) is 41.8 Å². The summed E-state index contributed by atoms with van der Waals surface area (Å²) in [4.78, 5) is 115. The molecule has 0 unspecified atom stereocenters. The molecule has 0 radical (unpaired) electrons. The summed E-state index contributed by atoms with van der Waals surface area (Å²) in [6.45, 7) is 17.1. The molecule has 59 heavy (non-hydrogen) atoms. The lowest BCUT2D eigenvalue weighted by atomic mass is 9.88. The predicted molar refractivity (Wildman–Crippen MR) is 213 cm³/mol. The summed E-state index contributed by atoms with van der Waals surface area (Å²) in [5.74, 6) is -9.53. The van der Waals surface area contributed by atoms with Gasteiger partial charge in [0, 0.05) is 6.42 Å². The van der Waals surface area contributed by atoms with E-state index in [1.807, 2.05) is 0 Å². The highest BCUT2D eigenvalue weighted by Crippen LogP contribution is 2.20. The van der Waals surface area contributed by atoms with Crippen LogP contribution < -0.4 is 42.7 Å². The zero-order valence-electron chi connectivity index (χ0n) is 36.1. The Morgan fingerprint density at radius 3 is 1.68 bits per heavy atom. The summed E-state index contributed by atoms with van der Waals surface area (Å²) in [5.41, 5.74) is 0.0388. The van der Waals surface area contributed by atoms with E-state index < -0.39 is 126 Å². The lowest BCUT2D eigenvalue weighted by molar-refractivity contribution is -0.144. The van der Waals surface area contributed by atoms with Crippen LogP contribution in [-0.2, 0) is 43.2 Å². The molecule has 21 nitrogen and oxygen atoms in total. The van der Waals surface area contributed by atoms with E-state index >= 15 is 0 Å². The molecule has 0 saturated carbocycles. The van der Waals surface area contributed by atoms with Crippen LogP contribution in [0.15, 0.2) is 0 Å². The lowest BCUT2D eigenvalue weighted by Crippen LogP contribution is -2.66. The minimum atomic E-state index is -1.69. The number of carboxylic acid groups (broad SMARTS) is 2. The summed E-state index contributed by atoms with van der Waals surface area (Å²) in [6.07, 6.45) is -1.58. The second kappa shape index (κ2) is 25.6. The Kier molecular flexibility index (Phi) is 23.4. The lowest BCUT2D eigenvalue weighted by Gasteiger charge is -2.35. The van der Waals surface area contributed by atoms with Gasteiger partial charge in [-0.1, -0.05) is 61.8 Å². The SMILES string of the molecule is CC[C@H](C)[C@H](NC(=O)CNC(=O)[C@H](C)NC(=O)[C@H](CC(C)C)NC(=O)[C@H](CCC(=O)O)NO)C(=O)N[C@@](C)(CC(C)C)C(=O)N[C@H](C(=O)N[C@H](C(=O)O)C(C)C)[C@@H](C)O. The third-order valence-corrected chi connectivity index (χ3v) is 9.45. The van der Waals surface area contributed by atoms with Gasteiger partial charge in [0.25, 0.3) is 0 Å². The predicted octanol–water partition coefficient (Wildman–Crippen LogP) is -1.11. The molecule has 0 aromatic rings. The number of rotatable bonds is 27. The Balaban J connectivity index is 5.89. The number of nitrogens with one attached hydrogen (secondary N) is 8. The molecule has 0 aliphatic carbocycles. The first-order valence-electron chi connectivity index (χ1n) is 19.8. The van der Waals surface area contributed by atoms with Crippen LogP contribution in [0, 0.1) is 23.7 Å². The first-order chi connectivity index (χ1) is 27.2. The zero-order chi connectivity index (χ0) is 45.9. The van der Waals surface area contributed by atoms with Gasteiger partial charge in [0.05, 0.1) is 12.6 Å². The maximum Gasteiger partial charge on any atom is 0.326 e. The number of amides is 7. The summed E-state index contributed by atoms with van der Waals surface area (Å²) >= 11 is 0. The zero-order valence-corrected chi connectivity index (χ0v) is 36.1. The fourth-order valence-electron chi connectivity index (χ4n) is 5.95. The molecule has 0 rings (SSSR count). The normalized spacial score (nSPS) is 16.5. The van der Waals surface area contributed by atoms with Crippen molar-refractivity contribution in [3.05, 3.63) is 0 Å².